The molecule has 5 heteroatoms. The van der Waals surface area contributed by atoms with Crippen LogP contribution >= 0.6 is 0 Å². The summed E-state index contributed by atoms with van der Waals surface area (Å²) in [6.07, 6.45) is -0.838. The number of alkyl halides is 3. The molecule has 3 saturated heterocycles. The van der Waals surface area contributed by atoms with Gasteiger partial charge in [0.05, 0.1) is 11.3 Å². The van der Waals surface area contributed by atoms with E-state index in [2.05, 4.69) is 0 Å². The zero-order valence-corrected chi connectivity index (χ0v) is 10.8. The highest BCUT2D eigenvalue weighted by atomic mass is 19.4. The zero-order valence-electron chi connectivity index (χ0n) is 10.8. The van der Waals surface area contributed by atoms with E-state index >= 15 is 0 Å². The molecule has 0 radical (unpaired) electrons. The van der Waals surface area contributed by atoms with Crippen LogP contribution in [0.3, 0.4) is 0 Å². The molecule has 3 heterocycles. The predicted octanol–water partition coefficient (Wildman–Crippen LogP) is 3.34. The van der Waals surface area contributed by atoms with Gasteiger partial charge < -0.3 is 4.90 Å². The van der Waals surface area contributed by atoms with Gasteiger partial charge in [-0.2, -0.15) is 13.2 Å². The number of allylic oxidation sites excluding steroid dienone is 1. The van der Waals surface area contributed by atoms with E-state index in [4.69, 9.17) is 0 Å². The third-order valence-corrected chi connectivity index (χ3v) is 4.00. The number of hydrogen-bond acceptors (Lipinski definition) is 2. The van der Waals surface area contributed by atoms with Crippen molar-refractivity contribution in [1.29, 1.82) is 0 Å². The molecule has 0 aliphatic carbocycles. The molecule has 0 spiro atoms. The second-order valence-corrected chi connectivity index (χ2v) is 5.27. The number of piperidine rings is 3. The Morgan fingerprint density at radius 2 is 1.70 bits per heavy atom. The lowest BCUT2D eigenvalue weighted by molar-refractivity contribution is -0.137. The predicted molar refractivity (Wildman–Crippen MR) is 68.7 cm³/mol. The zero-order chi connectivity index (χ0) is 14.3. The second-order valence-electron chi connectivity index (χ2n) is 5.27. The van der Waals surface area contributed by atoms with Gasteiger partial charge in [0, 0.05) is 19.0 Å². The van der Waals surface area contributed by atoms with Crippen LogP contribution < -0.4 is 0 Å². The molecule has 20 heavy (non-hydrogen) atoms. The molecule has 2 bridgehead atoms. The summed E-state index contributed by atoms with van der Waals surface area (Å²) in [6, 6.07) is 4.92. The first-order valence-corrected chi connectivity index (χ1v) is 6.63. The van der Waals surface area contributed by atoms with Gasteiger partial charge in [0.15, 0.2) is 5.78 Å². The maximum absolute atomic E-state index is 12.5. The minimum Gasteiger partial charge on any atom is -0.369 e. The minimum atomic E-state index is -4.32. The van der Waals surface area contributed by atoms with Crippen LogP contribution in [0.25, 0.3) is 6.08 Å². The van der Waals surface area contributed by atoms with Crippen molar-refractivity contribution in [1.82, 2.24) is 4.90 Å². The molecule has 0 saturated carbocycles. The number of nitrogens with zero attached hydrogens (tertiary/aromatic N) is 1. The number of rotatable bonds is 1. The van der Waals surface area contributed by atoms with Gasteiger partial charge in [-0.15, -0.1) is 0 Å². The SMILES string of the molecule is O=C1C(=Cc2ccc(C(F)(F)F)cc2)N2CCC1CC2. The number of halogens is 3. The van der Waals surface area contributed by atoms with Crippen molar-refractivity contribution in [2.24, 2.45) is 5.92 Å². The molecule has 1 aromatic carbocycles. The molecule has 0 amide bonds. The topological polar surface area (TPSA) is 20.3 Å². The van der Waals surface area contributed by atoms with Crippen molar-refractivity contribution in [3.05, 3.63) is 41.1 Å². The Balaban J connectivity index is 1.87. The van der Waals surface area contributed by atoms with Gasteiger partial charge in [0.1, 0.15) is 0 Å². The van der Waals surface area contributed by atoms with Crippen LogP contribution in [0, 0.1) is 5.92 Å². The van der Waals surface area contributed by atoms with Crippen LogP contribution in [0.4, 0.5) is 13.2 Å². The van der Waals surface area contributed by atoms with E-state index in [-0.39, 0.29) is 11.7 Å². The Kier molecular flexibility index (Phi) is 3.07. The summed E-state index contributed by atoms with van der Waals surface area (Å²) in [5, 5.41) is 0. The third-order valence-electron chi connectivity index (χ3n) is 4.00. The summed E-state index contributed by atoms with van der Waals surface area (Å²) in [4.78, 5) is 14.2. The molecule has 3 aliphatic rings. The largest absolute Gasteiger partial charge is 0.416 e. The van der Waals surface area contributed by atoms with E-state index in [0.29, 0.717) is 11.3 Å². The van der Waals surface area contributed by atoms with Crippen LogP contribution in [-0.4, -0.2) is 23.8 Å². The number of Topliss-reactive ketones (excluding diaryl/α,β-unsaturated/α-hetero) is 1. The van der Waals surface area contributed by atoms with Crippen LogP contribution in [-0.2, 0) is 11.0 Å². The van der Waals surface area contributed by atoms with E-state index in [1.807, 2.05) is 4.90 Å². The van der Waals surface area contributed by atoms with Crippen molar-refractivity contribution >= 4 is 11.9 Å². The average Bonchev–Trinajstić information content (AvgIpc) is 2.43. The fourth-order valence-electron chi connectivity index (χ4n) is 2.84. The van der Waals surface area contributed by atoms with Gasteiger partial charge in [-0.1, -0.05) is 12.1 Å². The van der Waals surface area contributed by atoms with Gasteiger partial charge in [-0.3, -0.25) is 4.79 Å². The number of carbonyl (C=O) groups excluding carboxylic acids is 1. The highest BCUT2D eigenvalue weighted by molar-refractivity contribution is 6.01. The van der Waals surface area contributed by atoms with Crippen LogP contribution in [0.1, 0.15) is 24.0 Å². The van der Waals surface area contributed by atoms with E-state index in [1.165, 1.54) is 12.1 Å². The first-order valence-electron chi connectivity index (χ1n) is 6.63. The second kappa shape index (κ2) is 4.65. The van der Waals surface area contributed by atoms with Crippen LogP contribution in [0.15, 0.2) is 30.0 Å². The summed E-state index contributed by atoms with van der Waals surface area (Å²) in [6.45, 7) is 1.73. The highest BCUT2D eigenvalue weighted by Gasteiger charge is 2.36. The molecule has 0 N–H and O–H groups in total. The lowest BCUT2D eigenvalue weighted by Gasteiger charge is -2.41. The highest BCUT2D eigenvalue weighted by Crippen LogP contribution is 2.33. The summed E-state index contributed by atoms with van der Waals surface area (Å²) in [5.74, 6) is 0.225. The van der Waals surface area contributed by atoms with E-state index in [9.17, 15) is 18.0 Å². The normalized spacial score (nSPS) is 21.9. The molecule has 2 nitrogen and oxygen atoms in total. The summed E-state index contributed by atoms with van der Waals surface area (Å²) >= 11 is 0. The van der Waals surface area contributed by atoms with Crippen molar-refractivity contribution in [3.8, 4) is 0 Å². The van der Waals surface area contributed by atoms with Crippen molar-refractivity contribution in [2.45, 2.75) is 19.0 Å². The van der Waals surface area contributed by atoms with Crippen LogP contribution in [0.5, 0.6) is 0 Å². The van der Waals surface area contributed by atoms with Crippen LogP contribution in [0.2, 0.25) is 0 Å². The molecular weight excluding hydrogens is 267 g/mol. The number of fused-ring (bicyclic) bond motifs is 3. The summed E-state index contributed by atoms with van der Waals surface area (Å²) < 4.78 is 37.5. The average molecular weight is 281 g/mol. The van der Waals surface area contributed by atoms with Crippen molar-refractivity contribution in [2.75, 3.05) is 13.1 Å². The molecule has 3 fully saturated rings. The van der Waals surface area contributed by atoms with Gasteiger partial charge in [-0.05, 0) is 36.6 Å². The fourth-order valence-corrected chi connectivity index (χ4v) is 2.84. The molecule has 4 rings (SSSR count). The van der Waals surface area contributed by atoms with Gasteiger partial charge in [0.2, 0.25) is 0 Å². The standard InChI is InChI=1S/C15H14F3NO/c16-15(17,18)12-3-1-10(2-4-12)9-13-14(20)11-5-7-19(13)8-6-11/h1-4,9,11H,5-8H2. The smallest absolute Gasteiger partial charge is 0.369 e. The number of carbonyl (C=O) groups is 1. The number of benzene rings is 1. The Bertz CT molecular complexity index is 551. The van der Waals surface area contributed by atoms with Gasteiger partial charge in [0.25, 0.3) is 0 Å². The summed E-state index contributed by atoms with van der Waals surface area (Å²) in [5.41, 5.74) is 0.609. The molecular formula is C15H14F3NO. The maximum Gasteiger partial charge on any atom is 0.416 e. The van der Waals surface area contributed by atoms with E-state index in [1.54, 1.807) is 6.08 Å². The van der Waals surface area contributed by atoms with Gasteiger partial charge >= 0.3 is 6.18 Å². The molecule has 1 aromatic rings. The third kappa shape index (κ3) is 2.32. The lowest BCUT2D eigenvalue weighted by atomic mass is 9.84. The maximum atomic E-state index is 12.5. The number of ketones is 1. The lowest BCUT2D eigenvalue weighted by Crippen LogP contribution is -2.45. The van der Waals surface area contributed by atoms with Crippen molar-refractivity contribution in [3.63, 3.8) is 0 Å². The van der Waals surface area contributed by atoms with E-state index in [0.717, 1.165) is 38.1 Å². The molecule has 3 aliphatic heterocycles. The number of hydrogen-bond donors (Lipinski definition) is 0. The Labute approximate surface area is 114 Å². The fraction of sp³-hybridized carbons (Fsp3) is 0.400. The first kappa shape index (κ1) is 13.2. The molecule has 0 atom stereocenters. The molecule has 0 aromatic heterocycles. The first-order chi connectivity index (χ1) is 9.45. The Morgan fingerprint density at radius 1 is 1.10 bits per heavy atom. The molecule has 0 unspecified atom stereocenters. The molecule has 106 valence electrons. The van der Waals surface area contributed by atoms with Gasteiger partial charge in [-0.25, -0.2) is 0 Å². The Morgan fingerprint density at radius 3 is 2.20 bits per heavy atom. The van der Waals surface area contributed by atoms with Crippen molar-refractivity contribution < 1.29 is 18.0 Å². The Hall–Kier alpha value is -1.78. The minimum absolute atomic E-state index is 0.0979. The van der Waals surface area contributed by atoms with E-state index < -0.39 is 11.7 Å². The monoisotopic (exact) mass is 281 g/mol. The quantitative estimate of drug-likeness (QED) is 0.736. The summed E-state index contributed by atoms with van der Waals surface area (Å²) in [7, 11) is 0.